The van der Waals surface area contributed by atoms with Crippen LogP contribution in [0.1, 0.15) is 35.2 Å². The molecule has 7 nitrogen and oxygen atoms in total. The van der Waals surface area contributed by atoms with Crippen molar-refractivity contribution < 1.29 is 14.2 Å². The summed E-state index contributed by atoms with van der Waals surface area (Å²) in [6, 6.07) is 6.26. The van der Waals surface area contributed by atoms with Crippen LogP contribution in [0.3, 0.4) is 0 Å². The number of fused-ring (bicyclic) bond motifs is 1. The van der Waals surface area contributed by atoms with Gasteiger partial charge in [-0.15, -0.1) is 0 Å². The lowest BCUT2D eigenvalue weighted by Gasteiger charge is -2.28. The third-order valence-electron chi connectivity index (χ3n) is 5.64. The zero-order valence-electron chi connectivity index (χ0n) is 16.8. The van der Waals surface area contributed by atoms with Crippen LogP contribution < -0.4 is 9.64 Å². The summed E-state index contributed by atoms with van der Waals surface area (Å²) in [4.78, 5) is 16.4. The Bertz CT molecular complexity index is 918. The first-order valence-electron chi connectivity index (χ1n) is 10.4. The number of aliphatic imine (C=N–C) groups is 1. The molecule has 0 spiro atoms. The van der Waals surface area contributed by atoms with Crippen LogP contribution >= 0.6 is 0 Å². The third kappa shape index (κ3) is 3.84. The molecule has 7 heteroatoms. The van der Waals surface area contributed by atoms with E-state index in [0.29, 0.717) is 12.4 Å². The molecule has 0 bridgehead atoms. The predicted octanol–water partition coefficient (Wildman–Crippen LogP) is 2.53. The number of hydrogen-bond donors (Lipinski definition) is 0. The summed E-state index contributed by atoms with van der Waals surface area (Å²) in [6.45, 7) is 7.35. The highest BCUT2D eigenvalue weighted by Gasteiger charge is 2.27. The molecular formula is C22H26N4O3. The minimum absolute atomic E-state index is 0.144. The smallest absolute Gasteiger partial charge is 0.223 e. The Kier molecular flexibility index (Phi) is 5.16. The quantitative estimate of drug-likeness (QED) is 0.794. The fourth-order valence-electron chi connectivity index (χ4n) is 4.14. The van der Waals surface area contributed by atoms with E-state index in [9.17, 15) is 0 Å². The molecule has 5 rings (SSSR count). The minimum atomic E-state index is 0.144. The number of rotatable bonds is 4. The van der Waals surface area contributed by atoms with E-state index in [0.717, 1.165) is 80.7 Å². The van der Waals surface area contributed by atoms with E-state index < -0.39 is 0 Å². The number of pyridine rings is 2. The van der Waals surface area contributed by atoms with Gasteiger partial charge in [0.05, 0.1) is 44.2 Å². The van der Waals surface area contributed by atoms with Crippen LogP contribution in [0.25, 0.3) is 0 Å². The van der Waals surface area contributed by atoms with Gasteiger partial charge in [-0.3, -0.25) is 4.99 Å². The molecular weight excluding hydrogens is 368 g/mol. The average molecular weight is 394 g/mol. The van der Waals surface area contributed by atoms with Crippen molar-refractivity contribution in [2.45, 2.75) is 32.4 Å². The fraction of sp³-hybridized carbons (Fsp3) is 0.500. The van der Waals surface area contributed by atoms with Gasteiger partial charge in [0.2, 0.25) is 5.88 Å². The van der Waals surface area contributed by atoms with Crippen molar-refractivity contribution in [1.29, 1.82) is 0 Å². The number of nitrogens with zero attached hydrogens (tertiary/aromatic N) is 4. The van der Waals surface area contributed by atoms with Crippen molar-refractivity contribution in [1.82, 2.24) is 9.97 Å². The molecule has 152 valence electrons. The van der Waals surface area contributed by atoms with Crippen LogP contribution in [0, 0.1) is 6.92 Å². The molecule has 2 saturated heterocycles. The fourth-order valence-corrected chi connectivity index (χ4v) is 4.14. The summed E-state index contributed by atoms with van der Waals surface area (Å²) in [5.74, 6) is 1.67. The maximum atomic E-state index is 6.36. The standard InChI is InChI=1S/C22H26N4O3/c1-15-12-17-14-24-21(20(17)22(25-15)29-18-3-8-27-9-4-18)16-2-5-23-19(13-16)26-6-10-28-11-7-26/h2,5,12-13,18H,3-4,6-11,14H2,1H3. The number of aryl methyl sites for hydroxylation is 1. The molecule has 3 aliphatic rings. The van der Waals surface area contributed by atoms with Crippen molar-refractivity contribution in [2.24, 2.45) is 4.99 Å². The first-order chi connectivity index (χ1) is 14.3. The first-order valence-corrected chi connectivity index (χ1v) is 10.4. The first kappa shape index (κ1) is 18.5. The summed E-state index contributed by atoms with van der Waals surface area (Å²) >= 11 is 0. The second kappa shape index (κ2) is 8.08. The van der Waals surface area contributed by atoms with Gasteiger partial charge in [0, 0.05) is 43.4 Å². The Balaban J connectivity index is 1.47. The largest absolute Gasteiger partial charge is 0.474 e. The zero-order valence-corrected chi connectivity index (χ0v) is 16.8. The number of aromatic nitrogens is 2. The lowest BCUT2D eigenvalue weighted by atomic mass is 10.0. The summed E-state index contributed by atoms with van der Waals surface area (Å²) < 4.78 is 17.3. The van der Waals surface area contributed by atoms with E-state index in [4.69, 9.17) is 24.2 Å². The summed E-state index contributed by atoms with van der Waals surface area (Å²) in [6.07, 6.45) is 3.80. The molecule has 0 atom stereocenters. The predicted molar refractivity (Wildman–Crippen MR) is 110 cm³/mol. The van der Waals surface area contributed by atoms with Crippen LogP contribution in [0.4, 0.5) is 5.82 Å². The van der Waals surface area contributed by atoms with Crippen molar-refractivity contribution >= 4 is 11.5 Å². The van der Waals surface area contributed by atoms with Crippen LogP contribution in [0.5, 0.6) is 5.88 Å². The number of hydrogen-bond acceptors (Lipinski definition) is 7. The van der Waals surface area contributed by atoms with Crippen molar-refractivity contribution in [2.75, 3.05) is 44.4 Å². The van der Waals surface area contributed by atoms with Crippen LogP contribution in [0.15, 0.2) is 29.4 Å². The minimum Gasteiger partial charge on any atom is -0.474 e. The molecule has 0 aliphatic carbocycles. The highest BCUT2D eigenvalue weighted by Crippen LogP contribution is 2.32. The molecule has 0 amide bonds. The second-order valence-electron chi connectivity index (χ2n) is 7.70. The molecule has 2 fully saturated rings. The second-order valence-corrected chi connectivity index (χ2v) is 7.70. The number of anilines is 1. The molecule has 0 saturated carbocycles. The van der Waals surface area contributed by atoms with Crippen LogP contribution in [-0.2, 0) is 16.0 Å². The van der Waals surface area contributed by atoms with Crippen molar-refractivity contribution in [3.63, 3.8) is 0 Å². The Morgan fingerprint density at radius 3 is 2.69 bits per heavy atom. The molecule has 29 heavy (non-hydrogen) atoms. The lowest BCUT2D eigenvalue weighted by molar-refractivity contribution is 0.0236. The summed E-state index contributed by atoms with van der Waals surface area (Å²) in [5.41, 5.74) is 5.18. The van der Waals surface area contributed by atoms with Gasteiger partial charge in [0.25, 0.3) is 0 Å². The van der Waals surface area contributed by atoms with Crippen molar-refractivity contribution in [3.8, 4) is 5.88 Å². The van der Waals surface area contributed by atoms with Gasteiger partial charge in [0.15, 0.2) is 0 Å². The van der Waals surface area contributed by atoms with E-state index in [1.54, 1.807) is 0 Å². The highest BCUT2D eigenvalue weighted by molar-refractivity contribution is 6.16. The normalized spacial score (nSPS) is 19.8. The van der Waals surface area contributed by atoms with Crippen LogP contribution in [0.2, 0.25) is 0 Å². The Morgan fingerprint density at radius 2 is 1.86 bits per heavy atom. The van der Waals surface area contributed by atoms with Gasteiger partial charge in [-0.2, -0.15) is 0 Å². The molecule has 0 unspecified atom stereocenters. The van der Waals surface area contributed by atoms with Gasteiger partial charge in [0.1, 0.15) is 11.9 Å². The van der Waals surface area contributed by atoms with Gasteiger partial charge in [-0.1, -0.05) is 0 Å². The SMILES string of the molecule is Cc1cc2c(c(OC3CCOCC3)n1)C(c1ccnc(N3CCOCC3)c1)=NC2. The Hall–Kier alpha value is -2.51. The van der Waals surface area contributed by atoms with E-state index in [2.05, 4.69) is 22.0 Å². The number of ether oxygens (including phenoxy) is 3. The number of morpholine rings is 1. The molecule has 0 aromatic carbocycles. The van der Waals surface area contributed by atoms with Gasteiger partial charge in [-0.25, -0.2) is 9.97 Å². The average Bonchev–Trinajstić information content (AvgIpc) is 3.19. The third-order valence-corrected chi connectivity index (χ3v) is 5.64. The maximum Gasteiger partial charge on any atom is 0.223 e. The van der Waals surface area contributed by atoms with Gasteiger partial charge in [-0.05, 0) is 30.7 Å². The summed E-state index contributed by atoms with van der Waals surface area (Å²) in [7, 11) is 0. The summed E-state index contributed by atoms with van der Waals surface area (Å²) in [5, 5.41) is 0. The highest BCUT2D eigenvalue weighted by atomic mass is 16.5. The molecule has 5 heterocycles. The maximum absolute atomic E-state index is 6.36. The molecule has 2 aromatic heterocycles. The van der Waals surface area contributed by atoms with Gasteiger partial charge < -0.3 is 19.1 Å². The topological polar surface area (TPSA) is 69.1 Å². The van der Waals surface area contributed by atoms with Crippen molar-refractivity contribution in [3.05, 3.63) is 46.8 Å². The van der Waals surface area contributed by atoms with E-state index in [1.165, 1.54) is 5.56 Å². The van der Waals surface area contributed by atoms with E-state index >= 15 is 0 Å². The zero-order chi connectivity index (χ0) is 19.6. The molecule has 0 radical (unpaired) electrons. The molecule has 3 aliphatic heterocycles. The van der Waals surface area contributed by atoms with Gasteiger partial charge >= 0.3 is 0 Å². The molecule has 2 aromatic rings. The molecule has 0 N–H and O–H groups in total. The Labute approximate surface area is 170 Å². The van der Waals surface area contributed by atoms with E-state index in [1.807, 2.05) is 19.2 Å². The monoisotopic (exact) mass is 394 g/mol. The Morgan fingerprint density at radius 1 is 1.07 bits per heavy atom. The van der Waals surface area contributed by atoms with Crippen LogP contribution in [-0.4, -0.2) is 61.3 Å². The van der Waals surface area contributed by atoms with E-state index in [-0.39, 0.29) is 6.10 Å². The lowest BCUT2D eigenvalue weighted by Crippen LogP contribution is -2.36.